The monoisotopic (exact) mass is 381 g/mol. The summed E-state index contributed by atoms with van der Waals surface area (Å²) in [5.74, 6) is 0.506. The van der Waals surface area contributed by atoms with Gasteiger partial charge in [-0.25, -0.2) is 15.4 Å². The van der Waals surface area contributed by atoms with Crippen LogP contribution in [0.3, 0.4) is 0 Å². The number of rotatable bonds is 4. The Morgan fingerprint density at radius 3 is 2.86 bits per heavy atom. The third-order valence-corrected chi connectivity index (χ3v) is 4.98. The van der Waals surface area contributed by atoms with Crippen molar-refractivity contribution in [3.63, 3.8) is 0 Å². The number of aromatic nitrogens is 2. The lowest BCUT2D eigenvalue weighted by molar-refractivity contribution is 0.0291. The SMILES string of the molecule is CN1CCC(/C=C\c2nc3c(c(=O)n2-c2cccc(N(O)O)c2)=CCCC=3)N1. The predicted octanol–water partition coefficient (Wildman–Crippen LogP) is 0.394. The van der Waals surface area contributed by atoms with Crippen molar-refractivity contribution in [2.45, 2.75) is 25.3 Å². The minimum Gasteiger partial charge on any atom is -0.268 e. The molecule has 1 aliphatic heterocycles. The molecule has 0 spiro atoms. The van der Waals surface area contributed by atoms with E-state index >= 15 is 0 Å². The molecule has 28 heavy (non-hydrogen) atoms. The van der Waals surface area contributed by atoms with Crippen LogP contribution in [-0.2, 0) is 0 Å². The maximum Gasteiger partial charge on any atom is 0.265 e. The summed E-state index contributed by atoms with van der Waals surface area (Å²) in [7, 11) is 1.99. The van der Waals surface area contributed by atoms with Crippen molar-refractivity contribution in [1.29, 1.82) is 0 Å². The van der Waals surface area contributed by atoms with Crippen LogP contribution < -0.4 is 26.8 Å². The summed E-state index contributed by atoms with van der Waals surface area (Å²) in [6.45, 7) is 0.951. The Balaban J connectivity index is 1.87. The first kappa shape index (κ1) is 18.6. The van der Waals surface area contributed by atoms with Crippen molar-refractivity contribution < 1.29 is 10.4 Å². The average Bonchev–Trinajstić information content (AvgIpc) is 3.12. The van der Waals surface area contributed by atoms with E-state index in [0.717, 1.165) is 25.8 Å². The maximum atomic E-state index is 13.2. The molecule has 1 aromatic heterocycles. The zero-order chi connectivity index (χ0) is 19.7. The van der Waals surface area contributed by atoms with Gasteiger partial charge in [0.2, 0.25) is 0 Å². The Bertz CT molecular complexity index is 1090. The number of benzene rings is 1. The second kappa shape index (κ2) is 7.69. The highest BCUT2D eigenvalue weighted by Gasteiger charge is 2.17. The van der Waals surface area contributed by atoms with Crippen LogP contribution >= 0.6 is 0 Å². The fourth-order valence-electron chi connectivity index (χ4n) is 3.57. The van der Waals surface area contributed by atoms with Gasteiger partial charge < -0.3 is 0 Å². The van der Waals surface area contributed by atoms with Crippen LogP contribution in [0.1, 0.15) is 25.1 Å². The van der Waals surface area contributed by atoms with Crippen LogP contribution in [0.25, 0.3) is 23.9 Å². The standard InChI is InChI=1S/C20H23N5O3/c1-23-12-11-14(22-23)9-10-19-21-18-8-3-2-7-17(18)20(26)24(19)15-5-4-6-16(13-15)25(27)28/h4-10,13-14,22,27-28H,2-3,11-12H2,1H3/b10-9-. The number of nitrogens with one attached hydrogen (secondary N) is 1. The molecule has 8 nitrogen and oxygen atoms in total. The van der Waals surface area contributed by atoms with E-state index in [2.05, 4.69) is 5.43 Å². The molecule has 2 aliphatic rings. The fourth-order valence-corrected chi connectivity index (χ4v) is 3.57. The molecule has 1 fully saturated rings. The Morgan fingerprint density at radius 2 is 2.11 bits per heavy atom. The lowest BCUT2D eigenvalue weighted by atomic mass is 10.1. The van der Waals surface area contributed by atoms with Gasteiger partial charge in [0.25, 0.3) is 5.56 Å². The summed E-state index contributed by atoms with van der Waals surface area (Å²) in [5, 5.41) is 22.0. The Hall–Kier alpha value is -2.78. The second-order valence-electron chi connectivity index (χ2n) is 7.01. The molecule has 0 amide bonds. The van der Waals surface area contributed by atoms with Gasteiger partial charge >= 0.3 is 0 Å². The molecule has 0 bridgehead atoms. The minimum atomic E-state index is -0.170. The van der Waals surface area contributed by atoms with Gasteiger partial charge in [0.1, 0.15) is 5.82 Å². The lowest BCUT2D eigenvalue weighted by Gasteiger charge is -2.14. The molecule has 2 heterocycles. The van der Waals surface area contributed by atoms with Crippen molar-refractivity contribution in [3.05, 3.63) is 57.1 Å². The van der Waals surface area contributed by atoms with E-state index in [1.807, 2.05) is 36.4 Å². The fraction of sp³-hybridized carbons (Fsp3) is 0.300. The first-order valence-corrected chi connectivity index (χ1v) is 9.30. The molecule has 1 aromatic carbocycles. The van der Waals surface area contributed by atoms with E-state index in [-0.39, 0.29) is 22.5 Å². The van der Waals surface area contributed by atoms with Crippen LogP contribution in [0.15, 0.2) is 35.1 Å². The third kappa shape index (κ3) is 3.63. The van der Waals surface area contributed by atoms with Crippen LogP contribution in [-0.4, -0.2) is 44.6 Å². The van der Waals surface area contributed by atoms with Gasteiger partial charge in [0, 0.05) is 19.6 Å². The topological polar surface area (TPSA) is 93.9 Å². The van der Waals surface area contributed by atoms with Crippen molar-refractivity contribution in [2.24, 2.45) is 0 Å². The number of hydrogen-bond donors (Lipinski definition) is 3. The molecule has 3 N–H and O–H groups in total. The van der Waals surface area contributed by atoms with Crippen molar-refractivity contribution >= 4 is 23.9 Å². The Morgan fingerprint density at radius 1 is 1.29 bits per heavy atom. The predicted molar refractivity (Wildman–Crippen MR) is 107 cm³/mol. The van der Waals surface area contributed by atoms with Crippen LogP contribution in [0.5, 0.6) is 0 Å². The van der Waals surface area contributed by atoms with Gasteiger partial charge in [0.15, 0.2) is 0 Å². The van der Waals surface area contributed by atoms with Crippen molar-refractivity contribution in [1.82, 2.24) is 20.0 Å². The van der Waals surface area contributed by atoms with Gasteiger partial charge in [0.05, 0.1) is 21.9 Å². The van der Waals surface area contributed by atoms with Gasteiger partial charge in [-0.15, -0.1) is 5.23 Å². The molecule has 1 unspecified atom stereocenters. The molecular formula is C20H23N5O3. The summed E-state index contributed by atoms with van der Waals surface area (Å²) in [6, 6.07) is 6.65. The maximum absolute atomic E-state index is 13.2. The molecule has 0 radical (unpaired) electrons. The highest BCUT2D eigenvalue weighted by molar-refractivity contribution is 5.54. The van der Waals surface area contributed by atoms with E-state index in [4.69, 9.17) is 4.98 Å². The summed E-state index contributed by atoms with van der Waals surface area (Å²) in [6.07, 6.45) is 10.4. The van der Waals surface area contributed by atoms with E-state index in [9.17, 15) is 15.2 Å². The molecule has 0 saturated carbocycles. The zero-order valence-electron chi connectivity index (χ0n) is 15.6. The molecular weight excluding hydrogens is 358 g/mol. The average molecular weight is 381 g/mol. The Labute approximate surface area is 161 Å². The lowest BCUT2D eigenvalue weighted by Crippen LogP contribution is -2.48. The van der Waals surface area contributed by atoms with Crippen molar-refractivity contribution in [2.75, 3.05) is 18.8 Å². The molecule has 146 valence electrons. The molecule has 1 atom stereocenters. The normalized spacial score (nSPS) is 19.3. The number of hydrogen-bond acceptors (Lipinski definition) is 7. The quantitative estimate of drug-likeness (QED) is 0.660. The molecule has 1 aliphatic carbocycles. The molecule has 8 heteroatoms. The molecule has 4 rings (SSSR count). The first-order valence-electron chi connectivity index (χ1n) is 9.30. The molecule has 2 aromatic rings. The third-order valence-electron chi connectivity index (χ3n) is 4.98. The minimum absolute atomic E-state index is 0.0358. The summed E-state index contributed by atoms with van der Waals surface area (Å²) < 4.78 is 1.51. The number of hydrazine groups is 1. The highest BCUT2D eigenvalue weighted by Crippen LogP contribution is 2.17. The smallest absolute Gasteiger partial charge is 0.265 e. The van der Waals surface area contributed by atoms with Gasteiger partial charge in [-0.2, -0.15) is 0 Å². The number of anilines is 1. The van der Waals surface area contributed by atoms with Gasteiger partial charge in [-0.05, 0) is 43.5 Å². The summed E-state index contributed by atoms with van der Waals surface area (Å²) in [4.78, 5) is 18.0. The first-order chi connectivity index (χ1) is 13.5. The molecule has 1 saturated heterocycles. The van der Waals surface area contributed by atoms with Crippen LogP contribution in [0, 0.1) is 0 Å². The van der Waals surface area contributed by atoms with Crippen LogP contribution in [0.2, 0.25) is 0 Å². The van der Waals surface area contributed by atoms with E-state index < -0.39 is 0 Å². The Kier molecular flexibility index (Phi) is 5.10. The van der Waals surface area contributed by atoms with E-state index in [0.29, 0.717) is 22.1 Å². The summed E-state index contributed by atoms with van der Waals surface area (Å²) >= 11 is 0. The number of nitrogens with zero attached hydrogens (tertiary/aromatic N) is 4. The highest BCUT2D eigenvalue weighted by atomic mass is 16.8. The zero-order valence-corrected chi connectivity index (χ0v) is 15.6. The van der Waals surface area contributed by atoms with Crippen molar-refractivity contribution in [3.8, 4) is 5.69 Å². The summed E-state index contributed by atoms with van der Waals surface area (Å²) in [5.41, 5.74) is 3.83. The van der Waals surface area contributed by atoms with Gasteiger partial charge in [-0.1, -0.05) is 24.3 Å². The van der Waals surface area contributed by atoms with Gasteiger partial charge in [-0.3, -0.25) is 19.8 Å². The van der Waals surface area contributed by atoms with Crippen LogP contribution in [0.4, 0.5) is 5.69 Å². The van der Waals surface area contributed by atoms with E-state index in [1.165, 1.54) is 16.7 Å². The largest absolute Gasteiger partial charge is 0.268 e. The van der Waals surface area contributed by atoms with E-state index in [1.54, 1.807) is 12.1 Å². The number of fused-ring (bicyclic) bond motifs is 1. The second-order valence-corrected chi connectivity index (χ2v) is 7.01.